The third-order valence-corrected chi connectivity index (χ3v) is 0.688. The highest BCUT2D eigenvalue weighted by atomic mass is 13.6. The largest absolute Gasteiger partial charge is 0.101 e. The van der Waals surface area contributed by atoms with Crippen LogP contribution in [0.3, 0.4) is 0 Å². The van der Waals surface area contributed by atoms with Crippen molar-refractivity contribution in [1.82, 2.24) is 0 Å². The maximum Gasteiger partial charge on any atom is 0.0588 e. The summed E-state index contributed by atoms with van der Waals surface area (Å²) >= 11 is 0. The van der Waals surface area contributed by atoms with Crippen LogP contribution in [-0.4, -0.2) is 21.4 Å². The quantitative estimate of drug-likeness (QED) is 0.450. The molecule has 0 amide bonds. The van der Waals surface area contributed by atoms with Gasteiger partial charge in [0.15, 0.2) is 0 Å². The van der Waals surface area contributed by atoms with Crippen LogP contribution in [0, 0.1) is 0 Å². The van der Waals surface area contributed by atoms with Crippen molar-refractivity contribution < 1.29 is 0 Å². The average Bonchev–Trinajstić information content (AvgIpc) is 1.61. The minimum Gasteiger partial charge on any atom is -0.101 e. The first-order chi connectivity index (χ1) is 3.27. The van der Waals surface area contributed by atoms with Gasteiger partial charge in [0.1, 0.15) is 0 Å². The number of hydrogen-bond donors (Lipinski definition) is 0. The minimum absolute atomic E-state index is 0.691. The molecular formula is C4H10B3. The lowest BCUT2D eigenvalue weighted by Gasteiger charge is -1.95. The third kappa shape index (κ3) is 6.19. The Bertz CT molecular complexity index is 35.9. The van der Waals surface area contributed by atoms with Crippen molar-refractivity contribution in [1.29, 1.82) is 0 Å². The van der Waals surface area contributed by atoms with Crippen molar-refractivity contribution in [3.05, 3.63) is 0 Å². The van der Waals surface area contributed by atoms with Crippen LogP contribution in [-0.2, 0) is 0 Å². The monoisotopic (exact) mass is 91.1 g/mol. The Hall–Kier alpha value is 0.195. The molecule has 0 unspecified atom stereocenters. The van der Waals surface area contributed by atoms with E-state index < -0.39 is 0 Å². The van der Waals surface area contributed by atoms with Crippen molar-refractivity contribution in [2.45, 2.75) is 26.5 Å². The highest BCUT2D eigenvalue weighted by Crippen LogP contribution is 1.92. The molecule has 0 fully saturated rings. The van der Waals surface area contributed by atoms with Crippen molar-refractivity contribution in [2.75, 3.05) is 0 Å². The molecule has 0 saturated carbocycles. The molecule has 0 heterocycles. The highest BCUT2D eigenvalue weighted by Gasteiger charge is 1.92. The molecule has 0 atom stereocenters. The van der Waals surface area contributed by atoms with Crippen molar-refractivity contribution >= 4 is 21.4 Å². The molecule has 0 spiro atoms. The summed E-state index contributed by atoms with van der Waals surface area (Å²) < 4.78 is 0. The van der Waals surface area contributed by atoms with Crippen molar-refractivity contribution in [3.63, 3.8) is 0 Å². The fourth-order valence-electron chi connectivity index (χ4n) is 0.333. The van der Waals surface area contributed by atoms with Gasteiger partial charge in [-0.2, -0.15) is 0 Å². The smallest absolute Gasteiger partial charge is 0.0588 e. The predicted molar refractivity (Wildman–Crippen MR) is 38.2 cm³/mol. The standard InChI is InChI=1S/C4H10B3/c1-4(2)6-7-5-3/h4H,1-3H3. The molecule has 0 aromatic carbocycles. The lowest BCUT2D eigenvalue weighted by Crippen LogP contribution is -2.11. The molecule has 0 aliphatic carbocycles. The molecule has 0 N–H and O–H groups in total. The van der Waals surface area contributed by atoms with Gasteiger partial charge >= 0.3 is 0 Å². The first kappa shape index (κ1) is 7.19. The van der Waals surface area contributed by atoms with E-state index in [9.17, 15) is 0 Å². The molecule has 0 saturated heterocycles. The number of hydrogen-bond acceptors (Lipinski definition) is 0. The van der Waals surface area contributed by atoms with Gasteiger partial charge in [0.05, 0.1) is 14.3 Å². The van der Waals surface area contributed by atoms with Crippen LogP contribution in [0.2, 0.25) is 12.6 Å². The molecule has 0 nitrogen and oxygen atoms in total. The summed E-state index contributed by atoms with van der Waals surface area (Å²) in [7, 11) is 6.28. The summed E-state index contributed by atoms with van der Waals surface area (Å²) in [6, 6.07) is 0. The van der Waals surface area contributed by atoms with Crippen molar-refractivity contribution in [3.8, 4) is 0 Å². The summed E-state index contributed by atoms with van der Waals surface area (Å²) in [5.74, 6) is 0.691. The van der Waals surface area contributed by atoms with Crippen LogP contribution in [0.15, 0.2) is 0 Å². The predicted octanol–water partition coefficient (Wildman–Crippen LogP) is 0.805. The van der Waals surface area contributed by atoms with Gasteiger partial charge in [0.2, 0.25) is 0 Å². The highest BCUT2D eigenvalue weighted by molar-refractivity contribution is 7.29. The minimum atomic E-state index is 0.691. The van der Waals surface area contributed by atoms with E-state index in [4.69, 9.17) is 0 Å². The van der Waals surface area contributed by atoms with Crippen LogP contribution < -0.4 is 0 Å². The summed E-state index contributed by atoms with van der Waals surface area (Å²) in [4.78, 5) is 0. The van der Waals surface area contributed by atoms with E-state index in [1.54, 1.807) is 0 Å². The van der Waals surface area contributed by atoms with Gasteiger partial charge in [-0.15, -0.1) is 6.82 Å². The van der Waals surface area contributed by atoms with E-state index in [1.165, 1.54) is 0 Å². The Balaban J connectivity index is 2.68. The average molecular weight is 90.6 g/mol. The van der Waals surface area contributed by atoms with Gasteiger partial charge in [0.25, 0.3) is 0 Å². The van der Waals surface area contributed by atoms with Gasteiger partial charge in [-0.3, -0.25) is 0 Å². The van der Waals surface area contributed by atoms with Gasteiger partial charge in [-0.1, -0.05) is 19.7 Å². The molecule has 0 bridgehead atoms. The van der Waals surface area contributed by atoms with Crippen LogP contribution in [0.1, 0.15) is 13.8 Å². The molecule has 3 heteroatoms. The Labute approximate surface area is 48.8 Å². The number of rotatable bonds is 3. The Kier molecular flexibility index (Phi) is 4.48. The van der Waals surface area contributed by atoms with Gasteiger partial charge in [0, 0.05) is 7.06 Å². The lowest BCUT2D eigenvalue weighted by atomic mass is 9.18. The van der Waals surface area contributed by atoms with Gasteiger partial charge in [-0.25, -0.2) is 0 Å². The van der Waals surface area contributed by atoms with Crippen LogP contribution >= 0.6 is 0 Å². The zero-order valence-electron chi connectivity index (χ0n) is 5.31. The van der Waals surface area contributed by atoms with E-state index in [2.05, 4.69) is 28.1 Å². The molecule has 0 aromatic heterocycles. The third-order valence-electron chi connectivity index (χ3n) is 0.688. The second kappa shape index (κ2) is 4.36. The fourth-order valence-corrected chi connectivity index (χ4v) is 0.333. The molecule has 35 valence electrons. The zero-order valence-corrected chi connectivity index (χ0v) is 5.31. The molecular weight excluding hydrogens is 80.5 g/mol. The van der Waals surface area contributed by atoms with Crippen molar-refractivity contribution in [2.24, 2.45) is 0 Å². The van der Waals surface area contributed by atoms with Gasteiger partial charge < -0.3 is 0 Å². The maximum absolute atomic E-state index is 2.17. The van der Waals surface area contributed by atoms with Crippen LogP contribution in [0.25, 0.3) is 0 Å². The second-order valence-corrected chi connectivity index (χ2v) is 1.96. The van der Waals surface area contributed by atoms with Gasteiger partial charge in [-0.05, 0) is 0 Å². The van der Waals surface area contributed by atoms with E-state index in [1.807, 2.05) is 14.0 Å². The van der Waals surface area contributed by atoms with E-state index in [0.717, 1.165) is 0 Å². The summed E-state index contributed by atoms with van der Waals surface area (Å²) in [5, 5.41) is 0. The molecule has 3 radical (unpaired) electrons. The first-order valence-electron chi connectivity index (χ1n) is 2.73. The Morgan fingerprint density at radius 3 is 2.00 bits per heavy atom. The summed E-state index contributed by atoms with van der Waals surface area (Å²) in [6.45, 7) is 6.36. The summed E-state index contributed by atoms with van der Waals surface area (Å²) in [5.41, 5.74) is 0. The zero-order chi connectivity index (χ0) is 5.70. The van der Waals surface area contributed by atoms with E-state index >= 15 is 0 Å². The summed E-state index contributed by atoms with van der Waals surface area (Å²) in [6.07, 6.45) is 0. The Morgan fingerprint density at radius 2 is 1.86 bits per heavy atom. The van der Waals surface area contributed by atoms with Crippen LogP contribution in [0.5, 0.6) is 0 Å². The first-order valence-corrected chi connectivity index (χ1v) is 2.73. The molecule has 0 aromatic rings. The second-order valence-electron chi connectivity index (χ2n) is 1.96. The molecule has 7 heavy (non-hydrogen) atoms. The molecule has 0 aliphatic rings. The SMILES string of the molecule is C[B][B][B]C(C)C. The van der Waals surface area contributed by atoms with E-state index in [0.29, 0.717) is 5.82 Å². The maximum atomic E-state index is 2.17. The Morgan fingerprint density at radius 1 is 1.29 bits per heavy atom. The topological polar surface area (TPSA) is 0 Å². The normalized spacial score (nSPS) is 8.57. The van der Waals surface area contributed by atoms with E-state index in [-0.39, 0.29) is 0 Å². The molecule has 0 aliphatic heterocycles. The lowest BCUT2D eigenvalue weighted by molar-refractivity contribution is 1.07. The van der Waals surface area contributed by atoms with Crippen LogP contribution in [0.4, 0.5) is 0 Å². The fraction of sp³-hybridized carbons (Fsp3) is 1.00. The molecule has 0 rings (SSSR count).